The predicted molar refractivity (Wildman–Crippen MR) is 50.0 cm³/mol. The van der Waals surface area contributed by atoms with E-state index in [0.717, 1.165) is 0 Å². The van der Waals surface area contributed by atoms with E-state index in [1.54, 1.807) is 6.07 Å². The SMILES string of the molecule is CCNc1nc(N)c(C#N)nc1C#N. The second kappa shape index (κ2) is 4.06. The van der Waals surface area contributed by atoms with E-state index >= 15 is 0 Å². The summed E-state index contributed by atoms with van der Waals surface area (Å²) < 4.78 is 0. The molecule has 0 unspecified atom stereocenters. The Kier molecular flexibility index (Phi) is 2.82. The molecule has 6 nitrogen and oxygen atoms in total. The minimum absolute atomic E-state index is 0.0248. The summed E-state index contributed by atoms with van der Waals surface area (Å²) in [4.78, 5) is 7.62. The van der Waals surface area contributed by atoms with Crippen LogP contribution >= 0.6 is 0 Å². The number of nitrogens with one attached hydrogen (secondary N) is 1. The molecule has 0 amide bonds. The largest absolute Gasteiger partial charge is 0.381 e. The van der Waals surface area contributed by atoms with Crippen molar-refractivity contribution in [3.8, 4) is 12.1 Å². The van der Waals surface area contributed by atoms with Crippen molar-refractivity contribution in [3.05, 3.63) is 11.4 Å². The Morgan fingerprint density at radius 3 is 2.43 bits per heavy atom. The van der Waals surface area contributed by atoms with Gasteiger partial charge in [0.1, 0.15) is 12.1 Å². The van der Waals surface area contributed by atoms with E-state index in [0.29, 0.717) is 12.4 Å². The quantitative estimate of drug-likeness (QED) is 0.687. The molecule has 1 aromatic rings. The number of rotatable bonds is 2. The molecule has 70 valence electrons. The number of anilines is 2. The molecule has 0 radical (unpaired) electrons. The van der Waals surface area contributed by atoms with E-state index in [-0.39, 0.29) is 17.2 Å². The van der Waals surface area contributed by atoms with Crippen molar-refractivity contribution in [1.29, 1.82) is 10.5 Å². The molecule has 3 N–H and O–H groups in total. The molecular weight excluding hydrogens is 180 g/mol. The van der Waals surface area contributed by atoms with Crippen LogP contribution in [0.1, 0.15) is 18.3 Å². The number of aromatic nitrogens is 2. The molecule has 1 aromatic heterocycles. The van der Waals surface area contributed by atoms with Gasteiger partial charge in [0.2, 0.25) is 0 Å². The Morgan fingerprint density at radius 1 is 1.29 bits per heavy atom. The van der Waals surface area contributed by atoms with E-state index in [1.165, 1.54) is 0 Å². The van der Waals surface area contributed by atoms with Crippen LogP contribution in [-0.4, -0.2) is 16.5 Å². The fourth-order valence-corrected chi connectivity index (χ4v) is 0.899. The molecule has 14 heavy (non-hydrogen) atoms. The molecule has 0 aliphatic heterocycles. The smallest absolute Gasteiger partial charge is 0.184 e. The molecule has 0 aromatic carbocycles. The first-order valence-electron chi connectivity index (χ1n) is 3.94. The third kappa shape index (κ3) is 1.70. The van der Waals surface area contributed by atoms with Gasteiger partial charge in [-0.15, -0.1) is 0 Å². The number of hydrogen-bond acceptors (Lipinski definition) is 6. The highest BCUT2D eigenvalue weighted by atomic mass is 15.1. The fraction of sp³-hybridized carbons (Fsp3) is 0.250. The van der Waals surface area contributed by atoms with Crippen molar-refractivity contribution in [1.82, 2.24) is 9.97 Å². The van der Waals surface area contributed by atoms with Crippen molar-refractivity contribution in [2.45, 2.75) is 6.92 Å². The van der Waals surface area contributed by atoms with Gasteiger partial charge >= 0.3 is 0 Å². The summed E-state index contributed by atoms with van der Waals surface area (Å²) >= 11 is 0. The minimum Gasteiger partial charge on any atom is -0.381 e. The molecule has 0 saturated heterocycles. The van der Waals surface area contributed by atoms with Crippen LogP contribution in [0.25, 0.3) is 0 Å². The Labute approximate surface area is 81.0 Å². The van der Waals surface area contributed by atoms with Crippen molar-refractivity contribution in [2.75, 3.05) is 17.6 Å². The van der Waals surface area contributed by atoms with Gasteiger partial charge in [0.05, 0.1) is 0 Å². The highest BCUT2D eigenvalue weighted by molar-refractivity contribution is 5.56. The van der Waals surface area contributed by atoms with Gasteiger partial charge < -0.3 is 11.1 Å². The molecular formula is C8H8N6. The molecule has 0 bridgehead atoms. The maximum absolute atomic E-state index is 8.71. The lowest BCUT2D eigenvalue weighted by Crippen LogP contribution is -2.08. The summed E-state index contributed by atoms with van der Waals surface area (Å²) in [5, 5.41) is 20.1. The van der Waals surface area contributed by atoms with Crippen molar-refractivity contribution < 1.29 is 0 Å². The van der Waals surface area contributed by atoms with Gasteiger partial charge in [-0.25, -0.2) is 9.97 Å². The molecule has 0 spiro atoms. The summed E-state index contributed by atoms with van der Waals surface area (Å²) in [6, 6.07) is 3.60. The minimum atomic E-state index is -0.0248. The average Bonchev–Trinajstić information content (AvgIpc) is 2.19. The van der Waals surface area contributed by atoms with Gasteiger partial charge in [0.25, 0.3) is 0 Å². The Balaban J connectivity index is 3.28. The van der Waals surface area contributed by atoms with Crippen LogP contribution in [0.2, 0.25) is 0 Å². The zero-order valence-electron chi connectivity index (χ0n) is 7.57. The lowest BCUT2D eigenvalue weighted by atomic mass is 10.3. The van der Waals surface area contributed by atoms with Crippen molar-refractivity contribution in [3.63, 3.8) is 0 Å². The standard InChI is InChI=1S/C8H8N6/c1-2-12-8-6(4-10)13-5(3-9)7(11)14-8/h2H2,1H3,(H3,11,12,14). The maximum atomic E-state index is 8.71. The van der Waals surface area contributed by atoms with E-state index < -0.39 is 0 Å². The van der Waals surface area contributed by atoms with E-state index in [4.69, 9.17) is 16.3 Å². The predicted octanol–water partition coefficient (Wildman–Crippen LogP) is 0.234. The second-order valence-corrected chi connectivity index (χ2v) is 2.41. The zero-order valence-corrected chi connectivity index (χ0v) is 7.57. The first-order valence-corrected chi connectivity index (χ1v) is 3.94. The first-order chi connectivity index (χ1) is 6.72. The molecule has 0 saturated carbocycles. The van der Waals surface area contributed by atoms with Crippen LogP contribution in [0, 0.1) is 22.7 Å². The Hall–Kier alpha value is -2.34. The van der Waals surface area contributed by atoms with Gasteiger partial charge in [0.15, 0.2) is 23.0 Å². The van der Waals surface area contributed by atoms with Gasteiger partial charge in [-0.1, -0.05) is 0 Å². The molecule has 1 heterocycles. The summed E-state index contributed by atoms with van der Waals surface area (Å²) in [6.07, 6.45) is 0. The molecule has 1 rings (SSSR count). The van der Waals surface area contributed by atoms with Gasteiger partial charge in [0, 0.05) is 6.54 Å². The summed E-state index contributed by atoms with van der Waals surface area (Å²) in [6.45, 7) is 2.46. The monoisotopic (exact) mass is 188 g/mol. The zero-order chi connectivity index (χ0) is 10.6. The lowest BCUT2D eigenvalue weighted by molar-refractivity contribution is 1.09. The third-order valence-corrected chi connectivity index (χ3v) is 1.48. The summed E-state index contributed by atoms with van der Waals surface area (Å²) in [5.41, 5.74) is 5.50. The van der Waals surface area contributed by atoms with Crippen LogP contribution < -0.4 is 11.1 Å². The molecule has 0 aliphatic rings. The summed E-state index contributed by atoms with van der Waals surface area (Å²) in [5.74, 6) is 0.342. The van der Waals surface area contributed by atoms with Crippen LogP contribution in [0.5, 0.6) is 0 Å². The lowest BCUT2D eigenvalue weighted by Gasteiger charge is -2.04. The first kappa shape index (κ1) is 9.75. The highest BCUT2D eigenvalue weighted by Gasteiger charge is 2.09. The van der Waals surface area contributed by atoms with Gasteiger partial charge in [-0.2, -0.15) is 10.5 Å². The normalized spacial score (nSPS) is 8.79. The highest BCUT2D eigenvalue weighted by Crippen LogP contribution is 2.13. The number of nitrogens with two attached hydrogens (primary N) is 1. The van der Waals surface area contributed by atoms with Crippen LogP contribution in [-0.2, 0) is 0 Å². The fourth-order valence-electron chi connectivity index (χ4n) is 0.899. The maximum Gasteiger partial charge on any atom is 0.184 e. The topological polar surface area (TPSA) is 111 Å². The number of hydrogen-bond donors (Lipinski definition) is 2. The van der Waals surface area contributed by atoms with Crippen molar-refractivity contribution in [2.24, 2.45) is 0 Å². The van der Waals surface area contributed by atoms with Crippen molar-refractivity contribution >= 4 is 11.6 Å². The molecule has 0 aliphatic carbocycles. The molecule has 0 fully saturated rings. The Morgan fingerprint density at radius 2 is 1.93 bits per heavy atom. The summed E-state index contributed by atoms with van der Waals surface area (Å²) in [7, 11) is 0. The molecule has 0 atom stereocenters. The van der Waals surface area contributed by atoms with Crippen LogP contribution in [0.15, 0.2) is 0 Å². The number of nitrogens with zero attached hydrogens (tertiary/aromatic N) is 4. The van der Waals surface area contributed by atoms with E-state index in [1.807, 2.05) is 13.0 Å². The van der Waals surface area contributed by atoms with Crippen LogP contribution in [0.4, 0.5) is 11.6 Å². The molecule has 6 heteroatoms. The van der Waals surface area contributed by atoms with Gasteiger partial charge in [-0.05, 0) is 6.92 Å². The van der Waals surface area contributed by atoms with Crippen LogP contribution in [0.3, 0.4) is 0 Å². The van der Waals surface area contributed by atoms with Gasteiger partial charge in [-0.3, -0.25) is 0 Å². The average molecular weight is 188 g/mol. The van der Waals surface area contributed by atoms with E-state index in [9.17, 15) is 0 Å². The van der Waals surface area contributed by atoms with E-state index in [2.05, 4.69) is 15.3 Å². The number of nitrogen functional groups attached to an aromatic ring is 1. The Bertz CT molecular complexity index is 425. The third-order valence-electron chi connectivity index (χ3n) is 1.48. The number of nitriles is 2. The second-order valence-electron chi connectivity index (χ2n) is 2.41.